The normalized spacial score (nSPS) is 14.5. The number of anilines is 2. The summed E-state index contributed by atoms with van der Waals surface area (Å²) in [6, 6.07) is 32.1. The number of rotatable bonds is 1. The van der Waals surface area contributed by atoms with E-state index < -0.39 is 0 Å². The Morgan fingerprint density at radius 2 is 1.25 bits per heavy atom. The maximum absolute atomic E-state index is 6.19. The third-order valence-corrected chi connectivity index (χ3v) is 6.16. The van der Waals surface area contributed by atoms with Gasteiger partial charge in [-0.15, -0.1) is 0 Å². The first-order valence-electron chi connectivity index (χ1n) is 9.63. The first kappa shape index (κ1) is 15.5. The Bertz CT molecular complexity index is 1320. The number of nitrogens with one attached hydrogen (secondary N) is 1. The second-order valence-corrected chi connectivity index (χ2v) is 7.65. The van der Waals surface area contributed by atoms with Crippen LogP contribution in [0.1, 0.15) is 23.6 Å². The van der Waals surface area contributed by atoms with E-state index in [0.29, 0.717) is 0 Å². The summed E-state index contributed by atoms with van der Waals surface area (Å²) in [5, 5.41) is 5.93. The molecule has 0 saturated carbocycles. The Hall–Kier alpha value is -3.52. The molecule has 0 fully saturated rings. The molecule has 2 nitrogen and oxygen atoms in total. The zero-order chi connectivity index (χ0) is 18.7. The summed E-state index contributed by atoms with van der Waals surface area (Å²) in [5.41, 5.74) is 7.74. The molecule has 1 aliphatic rings. The number of hydrogen-bond donors (Lipinski definition) is 1. The molecule has 6 rings (SSSR count). The molecule has 2 heterocycles. The van der Waals surface area contributed by atoms with Gasteiger partial charge in [-0.1, -0.05) is 66.7 Å². The van der Waals surface area contributed by atoms with E-state index in [0.717, 1.165) is 22.5 Å². The summed E-state index contributed by atoms with van der Waals surface area (Å²) >= 11 is 0. The van der Waals surface area contributed by atoms with E-state index >= 15 is 0 Å². The minimum Gasteiger partial charge on any atom is -0.456 e. The number of para-hydroxylation sites is 3. The molecule has 4 aromatic carbocycles. The molecular formula is C26H19NO. The van der Waals surface area contributed by atoms with E-state index in [1.54, 1.807) is 0 Å². The van der Waals surface area contributed by atoms with Crippen molar-refractivity contribution in [1.82, 2.24) is 0 Å². The second-order valence-electron chi connectivity index (χ2n) is 7.65. The van der Waals surface area contributed by atoms with Gasteiger partial charge in [-0.3, -0.25) is 0 Å². The standard InChI is InChI=1S/C26H19NO/c1-26(17-14-15-19-18-8-2-7-13-24(18)28-25(19)16-17)20-9-3-5-11-22(20)27-23-12-6-4-10-21(23)26/h2-16,27H,1H3. The van der Waals surface area contributed by atoms with E-state index in [-0.39, 0.29) is 5.41 Å². The van der Waals surface area contributed by atoms with Gasteiger partial charge in [-0.05, 0) is 47.9 Å². The molecular weight excluding hydrogens is 342 g/mol. The minimum absolute atomic E-state index is 0.258. The van der Waals surface area contributed by atoms with Crippen LogP contribution in [0, 0.1) is 0 Å². The van der Waals surface area contributed by atoms with E-state index in [1.807, 2.05) is 12.1 Å². The second kappa shape index (κ2) is 5.49. The Morgan fingerprint density at radius 3 is 2.00 bits per heavy atom. The minimum atomic E-state index is -0.258. The molecule has 134 valence electrons. The van der Waals surface area contributed by atoms with Crippen LogP contribution in [0.3, 0.4) is 0 Å². The highest BCUT2D eigenvalue weighted by Gasteiger charge is 2.38. The summed E-state index contributed by atoms with van der Waals surface area (Å²) in [5.74, 6) is 0. The average molecular weight is 361 g/mol. The highest BCUT2D eigenvalue weighted by molar-refractivity contribution is 6.05. The Kier molecular flexibility index (Phi) is 3.05. The van der Waals surface area contributed by atoms with Crippen molar-refractivity contribution in [1.29, 1.82) is 0 Å². The van der Waals surface area contributed by atoms with E-state index in [2.05, 4.69) is 91.1 Å². The highest BCUT2D eigenvalue weighted by atomic mass is 16.3. The fraction of sp³-hybridized carbons (Fsp3) is 0.0769. The van der Waals surface area contributed by atoms with Crippen LogP contribution in [-0.4, -0.2) is 0 Å². The van der Waals surface area contributed by atoms with Crippen molar-refractivity contribution in [2.75, 3.05) is 5.32 Å². The topological polar surface area (TPSA) is 25.2 Å². The van der Waals surface area contributed by atoms with E-state index in [9.17, 15) is 0 Å². The lowest BCUT2D eigenvalue weighted by Crippen LogP contribution is -2.30. The number of furan rings is 1. The van der Waals surface area contributed by atoms with Crippen LogP contribution < -0.4 is 5.32 Å². The van der Waals surface area contributed by atoms with E-state index in [4.69, 9.17) is 4.42 Å². The van der Waals surface area contributed by atoms with Gasteiger partial charge in [-0.25, -0.2) is 0 Å². The Labute approximate surface area is 163 Å². The lowest BCUT2D eigenvalue weighted by molar-refractivity contribution is 0.658. The molecule has 1 N–H and O–H groups in total. The van der Waals surface area contributed by atoms with Crippen LogP contribution in [0.5, 0.6) is 0 Å². The fourth-order valence-electron chi connectivity index (χ4n) is 4.69. The zero-order valence-electron chi connectivity index (χ0n) is 15.6. The Morgan fingerprint density at radius 1 is 0.643 bits per heavy atom. The Balaban J connectivity index is 1.66. The molecule has 0 aliphatic carbocycles. The van der Waals surface area contributed by atoms with Crippen molar-refractivity contribution in [3.63, 3.8) is 0 Å². The van der Waals surface area contributed by atoms with Gasteiger partial charge in [0.1, 0.15) is 11.2 Å². The molecule has 0 radical (unpaired) electrons. The predicted octanol–water partition coefficient (Wildman–Crippen LogP) is 7.00. The lowest BCUT2D eigenvalue weighted by Gasteiger charge is -2.39. The van der Waals surface area contributed by atoms with Crippen molar-refractivity contribution in [2.45, 2.75) is 12.3 Å². The highest BCUT2D eigenvalue weighted by Crippen LogP contribution is 2.49. The first-order chi connectivity index (χ1) is 13.7. The SMILES string of the molecule is CC1(c2ccc3c(c2)oc2ccccc23)c2ccccc2Nc2ccccc21. The van der Waals surface area contributed by atoms with Crippen molar-refractivity contribution < 1.29 is 4.42 Å². The summed E-state index contributed by atoms with van der Waals surface area (Å²) in [6.45, 7) is 2.31. The van der Waals surface area contributed by atoms with Crippen LogP contribution in [0.4, 0.5) is 11.4 Å². The molecule has 0 spiro atoms. The zero-order valence-corrected chi connectivity index (χ0v) is 15.6. The maximum Gasteiger partial charge on any atom is 0.135 e. The van der Waals surface area contributed by atoms with Crippen LogP contribution in [0.2, 0.25) is 0 Å². The summed E-state index contributed by atoms with van der Waals surface area (Å²) in [4.78, 5) is 0. The molecule has 0 amide bonds. The molecule has 0 unspecified atom stereocenters. The average Bonchev–Trinajstić information content (AvgIpc) is 3.12. The third kappa shape index (κ3) is 1.97. The third-order valence-electron chi connectivity index (χ3n) is 6.16. The van der Waals surface area contributed by atoms with Crippen LogP contribution >= 0.6 is 0 Å². The summed E-state index contributed by atoms with van der Waals surface area (Å²) < 4.78 is 6.19. The lowest BCUT2D eigenvalue weighted by atomic mass is 9.68. The molecule has 1 aromatic heterocycles. The van der Waals surface area contributed by atoms with Gasteiger partial charge in [0.15, 0.2) is 0 Å². The number of benzene rings is 4. The van der Waals surface area contributed by atoms with Crippen LogP contribution in [0.15, 0.2) is 95.4 Å². The maximum atomic E-state index is 6.19. The fourth-order valence-corrected chi connectivity index (χ4v) is 4.69. The van der Waals surface area contributed by atoms with Gasteiger partial charge in [-0.2, -0.15) is 0 Å². The molecule has 0 atom stereocenters. The van der Waals surface area contributed by atoms with Crippen molar-refractivity contribution >= 4 is 33.3 Å². The van der Waals surface area contributed by atoms with Crippen molar-refractivity contribution in [2.24, 2.45) is 0 Å². The first-order valence-corrected chi connectivity index (χ1v) is 9.63. The van der Waals surface area contributed by atoms with Gasteiger partial charge in [0.2, 0.25) is 0 Å². The van der Waals surface area contributed by atoms with E-state index in [1.165, 1.54) is 27.5 Å². The smallest absolute Gasteiger partial charge is 0.135 e. The largest absolute Gasteiger partial charge is 0.456 e. The molecule has 2 heteroatoms. The number of fused-ring (bicyclic) bond motifs is 5. The molecule has 0 saturated heterocycles. The summed E-state index contributed by atoms with van der Waals surface area (Å²) in [6.07, 6.45) is 0. The summed E-state index contributed by atoms with van der Waals surface area (Å²) in [7, 11) is 0. The van der Waals surface area contributed by atoms with Crippen LogP contribution in [0.25, 0.3) is 21.9 Å². The quantitative estimate of drug-likeness (QED) is 0.348. The van der Waals surface area contributed by atoms with Crippen molar-refractivity contribution in [3.8, 4) is 0 Å². The molecule has 1 aliphatic heterocycles. The van der Waals surface area contributed by atoms with Gasteiger partial charge in [0.05, 0.1) is 0 Å². The van der Waals surface area contributed by atoms with Crippen molar-refractivity contribution in [3.05, 3.63) is 108 Å². The molecule has 28 heavy (non-hydrogen) atoms. The van der Waals surface area contributed by atoms with Gasteiger partial charge in [0.25, 0.3) is 0 Å². The van der Waals surface area contributed by atoms with Crippen LogP contribution in [-0.2, 0) is 5.41 Å². The predicted molar refractivity (Wildman–Crippen MR) is 115 cm³/mol. The number of hydrogen-bond acceptors (Lipinski definition) is 2. The monoisotopic (exact) mass is 361 g/mol. The molecule has 0 bridgehead atoms. The van der Waals surface area contributed by atoms with Gasteiger partial charge >= 0.3 is 0 Å². The van der Waals surface area contributed by atoms with Gasteiger partial charge in [0, 0.05) is 27.6 Å². The van der Waals surface area contributed by atoms with Gasteiger partial charge < -0.3 is 9.73 Å². The molecule has 5 aromatic rings.